The topological polar surface area (TPSA) is 105 Å². The summed E-state index contributed by atoms with van der Waals surface area (Å²) in [5.41, 5.74) is 0. The van der Waals surface area contributed by atoms with Crippen LogP contribution >= 0.6 is 7.82 Å². The van der Waals surface area contributed by atoms with Crippen molar-refractivity contribution in [3.8, 4) is 0 Å². The number of phosphoric ester groups is 1. The minimum absolute atomic E-state index is 0.0345. The lowest BCUT2D eigenvalue weighted by molar-refractivity contribution is -0.870. The summed E-state index contributed by atoms with van der Waals surface area (Å²) in [6.07, 6.45) is 54.4. The van der Waals surface area contributed by atoms with E-state index in [1.165, 1.54) is 0 Å². The van der Waals surface area contributed by atoms with Gasteiger partial charge in [0.1, 0.15) is 13.2 Å². The van der Waals surface area contributed by atoms with E-state index in [1.807, 2.05) is 27.2 Å². The first-order valence-corrected chi connectivity index (χ1v) is 21.9. The summed E-state index contributed by atoms with van der Waals surface area (Å²) in [5, 5.41) is 13.7. The van der Waals surface area contributed by atoms with Gasteiger partial charge in [-0.3, -0.25) is 13.8 Å². The summed E-state index contributed by atoms with van der Waals surface area (Å²) in [5.74, 6) is -0.259. The average Bonchev–Trinajstić information content (AvgIpc) is 3.13. The standard InChI is InChI=1S/C46H75N2O6P/c1-6-8-10-12-14-16-18-19-20-21-22-23-24-25-26-27-28-29-30-32-34-36-38-40-46(50)47-44(43-54-55(51,52)53-42-41-48(3,4)5)45(49)39-37-35-33-31-17-15-13-11-9-7-2/h8-11,14,16-17,19-20,22-23,25-26,28-29,31-32,34,37,39,44-45,49H,6-7,12-13,15,18,21,24,27,30,33,35-36,38,40-43H2,1-5H3,(H-,47,50,51,52)/p+1/b10-8-,11-9+,16-14-,20-19-,23-22-,26-25-,29-28-,31-17+,34-32-,39-37+. The molecule has 0 saturated heterocycles. The van der Waals surface area contributed by atoms with Crippen LogP contribution in [-0.4, -0.2) is 73.4 Å². The number of carbonyl (C=O) groups is 1. The molecule has 3 N–H and O–H groups in total. The number of aliphatic hydroxyl groups is 1. The van der Waals surface area contributed by atoms with Gasteiger partial charge in [-0.05, 0) is 89.9 Å². The van der Waals surface area contributed by atoms with E-state index in [-0.39, 0.29) is 25.5 Å². The fraction of sp³-hybridized carbons (Fsp3) is 0.543. The highest BCUT2D eigenvalue weighted by molar-refractivity contribution is 7.47. The molecule has 0 rings (SSSR count). The van der Waals surface area contributed by atoms with Crippen LogP contribution in [0, 0.1) is 0 Å². The molecule has 0 heterocycles. The van der Waals surface area contributed by atoms with Crippen molar-refractivity contribution in [2.45, 2.75) is 122 Å². The Kier molecular flexibility index (Phi) is 34.5. The molecule has 0 spiro atoms. The van der Waals surface area contributed by atoms with Gasteiger partial charge in [0.15, 0.2) is 0 Å². The van der Waals surface area contributed by atoms with Crippen LogP contribution < -0.4 is 5.32 Å². The molecule has 0 radical (unpaired) electrons. The molecule has 0 aliphatic rings. The van der Waals surface area contributed by atoms with Crippen LogP contribution in [0.5, 0.6) is 0 Å². The lowest BCUT2D eigenvalue weighted by atomic mass is 10.1. The van der Waals surface area contributed by atoms with Gasteiger partial charge in [0, 0.05) is 6.42 Å². The molecule has 1 amide bonds. The van der Waals surface area contributed by atoms with Crippen LogP contribution in [-0.2, 0) is 18.4 Å². The van der Waals surface area contributed by atoms with Crippen LogP contribution in [0.25, 0.3) is 0 Å². The van der Waals surface area contributed by atoms with Gasteiger partial charge in [0.2, 0.25) is 5.91 Å². The molecular formula is C46H76N2O6P+. The van der Waals surface area contributed by atoms with Gasteiger partial charge in [-0.2, -0.15) is 0 Å². The normalized spacial score (nSPS) is 15.7. The van der Waals surface area contributed by atoms with E-state index in [1.54, 1.807) is 6.08 Å². The Morgan fingerprint density at radius 2 is 1.02 bits per heavy atom. The first kappa shape index (κ1) is 51.9. The zero-order valence-electron chi connectivity index (χ0n) is 34.9. The highest BCUT2D eigenvalue weighted by Gasteiger charge is 2.27. The first-order chi connectivity index (χ1) is 26.5. The Balaban J connectivity index is 4.57. The van der Waals surface area contributed by atoms with Crippen molar-refractivity contribution in [1.29, 1.82) is 0 Å². The van der Waals surface area contributed by atoms with Gasteiger partial charge >= 0.3 is 7.82 Å². The smallest absolute Gasteiger partial charge is 0.387 e. The zero-order chi connectivity index (χ0) is 40.7. The molecule has 0 aromatic carbocycles. The van der Waals surface area contributed by atoms with E-state index in [2.05, 4.69) is 129 Å². The summed E-state index contributed by atoms with van der Waals surface area (Å²) in [6.45, 7) is 4.45. The van der Waals surface area contributed by atoms with Gasteiger partial charge in [-0.1, -0.05) is 135 Å². The minimum Gasteiger partial charge on any atom is -0.387 e. The number of rotatable bonds is 34. The second kappa shape index (κ2) is 36.5. The van der Waals surface area contributed by atoms with Gasteiger partial charge in [0.05, 0.1) is 39.9 Å². The number of likely N-dealkylation sites (N-methyl/N-ethyl adjacent to an activating group) is 1. The van der Waals surface area contributed by atoms with Crippen LogP contribution in [0.1, 0.15) is 110 Å². The van der Waals surface area contributed by atoms with E-state index in [4.69, 9.17) is 9.05 Å². The Morgan fingerprint density at radius 1 is 0.618 bits per heavy atom. The van der Waals surface area contributed by atoms with Crippen LogP contribution in [0.15, 0.2) is 122 Å². The third kappa shape index (κ3) is 39.0. The van der Waals surface area contributed by atoms with Crippen molar-refractivity contribution >= 4 is 13.7 Å². The van der Waals surface area contributed by atoms with Crippen molar-refractivity contribution in [2.75, 3.05) is 40.9 Å². The van der Waals surface area contributed by atoms with Crippen molar-refractivity contribution in [2.24, 2.45) is 0 Å². The highest BCUT2D eigenvalue weighted by Crippen LogP contribution is 2.43. The Hall–Kier alpha value is -3.10. The number of nitrogens with zero attached hydrogens (tertiary/aromatic N) is 1. The molecule has 0 saturated carbocycles. The van der Waals surface area contributed by atoms with Gasteiger partial charge in [0.25, 0.3) is 0 Å². The van der Waals surface area contributed by atoms with Crippen LogP contribution in [0.2, 0.25) is 0 Å². The predicted molar refractivity (Wildman–Crippen MR) is 235 cm³/mol. The maximum Gasteiger partial charge on any atom is 0.472 e. The second-order valence-corrected chi connectivity index (χ2v) is 15.7. The number of hydrogen-bond acceptors (Lipinski definition) is 5. The molecule has 0 aromatic rings. The third-order valence-electron chi connectivity index (χ3n) is 7.90. The maximum absolute atomic E-state index is 12.8. The van der Waals surface area contributed by atoms with Gasteiger partial charge in [-0.25, -0.2) is 4.57 Å². The summed E-state index contributed by atoms with van der Waals surface area (Å²) >= 11 is 0. The van der Waals surface area contributed by atoms with Crippen molar-refractivity contribution in [3.05, 3.63) is 122 Å². The predicted octanol–water partition coefficient (Wildman–Crippen LogP) is 11.1. The van der Waals surface area contributed by atoms with E-state index in [0.717, 1.165) is 83.5 Å². The number of hydrogen-bond donors (Lipinski definition) is 3. The number of quaternary nitrogens is 1. The summed E-state index contributed by atoms with van der Waals surface area (Å²) < 4.78 is 23.4. The Labute approximate surface area is 335 Å². The van der Waals surface area contributed by atoms with Gasteiger partial charge in [-0.15, -0.1) is 0 Å². The molecule has 3 atom stereocenters. The monoisotopic (exact) mass is 784 g/mol. The van der Waals surface area contributed by atoms with E-state index < -0.39 is 20.0 Å². The van der Waals surface area contributed by atoms with E-state index in [9.17, 15) is 19.4 Å². The molecule has 0 aromatic heterocycles. The van der Waals surface area contributed by atoms with Crippen LogP contribution in [0.4, 0.5) is 0 Å². The summed E-state index contributed by atoms with van der Waals surface area (Å²) in [6, 6.07) is -0.907. The van der Waals surface area contributed by atoms with Crippen LogP contribution in [0.3, 0.4) is 0 Å². The summed E-state index contributed by atoms with van der Waals surface area (Å²) in [7, 11) is 1.48. The first-order valence-electron chi connectivity index (χ1n) is 20.4. The molecular weight excluding hydrogens is 707 g/mol. The lowest BCUT2D eigenvalue weighted by Crippen LogP contribution is -2.45. The number of allylic oxidation sites excluding steroid dienone is 19. The largest absolute Gasteiger partial charge is 0.472 e. The average molecular weight is 784 g/mol. The van der Waals surface area contributed by atoms with Crippen molar-refractivity contribution in [3.63, 3.8) is 0 Å². The quantitative estimate of drug-likeness (QED) is 0.0260. The third-order valence-corrected chi connectivity index (χ3v) is 8.89. The number of aliphatic hydroxyl groups excluding tert-OH is 1. The Bertz CT molecular complexity index is 1300. The fourth-order valence-corrected chi connectivity index (χ4v) is 5.45. The number of phosphoric acid groups is 1. The second-order valence-electron chi connectivity index (χ2n) is 14.2. The molecule has 9 heteroatoms. The SMILES string of the molecule is CC/C=C\C/C=C\C/C=C\C/C=C\C/C=C\C/C=C\C/C=C\CCCC(=O)NC(COP(=O)(O)OCC[N+](C)(C)C)C(O)/C=C/CC/C=C/CC/C=C/CC. The number of carbonyl (C=O) groups excluding carboxylic acids is 1. The molecule has 3 unspecified atom stereocenters. The number of amides is 1. The minimum atomic E-state index is -4.37. The molecule has 0 bridgehead atoms. The molecule has 0 fully saturated rings. The zero-order valence-corrected chi connectivity index (χ0v) is 35.7. The lowest BCUT2D eigenvalue weighted by Gasteiger charge is -2.25. The fourth-order valence-electron chi connectivity index (χ4n) is 4.71. The highest BCUT2D eigenvalue weighted by atomic mass is 31.2. The molecule has 8 nitrogen and oxygen atoms in total. The molecule has 310 valence electrons. The van der Waals surface area contributed by atoms with Crippen molar-refractivity contribution < 1.29 is 32.9 Å². The van der Waals surface area contributed by atoms with E-state index in [0.29, 0.717) is 17.4 Å². The van der Waals surface area contributed by atoms with Crippen molar-refractivity contribution in [1.82, 2.24) is 5.32 Å². The molecule has 55 heavy (non-hydrogen) atoms. The number of unbranched alkanes of at least 4 members (excludes halogenated alkanes) is 3. The summed E-state index contributed by atoms with van der Waals surface area (Å²) in [4.78, 5) is 23.0. The number of nitrogens with one attached hydrogen (secondary N) is 1. The molecule has 0 aliphatic heterocycles. The maximum atomic E-state index is 12.8. The van der Waals surface area contributed by atoms with E-state index >= 15 is 0 Å². The Morgan fingerprint density at radius 3 is 1.49 bits per heavy atom. The van der Waals surface area contributed by atoms with Gasteiger partial charge < -0.3 is 19.8 Å². The molecule has 0 aliphatic carbocycles.